The van der Waals surface area contributed by atoms with Crippen LogP contribution in [0.1, 0.15) is 27.7 Å². The molecule has 0 fully saturated rings. The largest absolute Gasteiger partial charge is 0.383 e. The molecule has 1 rings (SSSR count). The van der Waals surface area contributed by atoms with Crippen molar-refractivity contribution in [2.75, 3.05) is 37.0 Å². The Morgan fingerprint density at radius 2 is 2.06 bits per heavy atom. The molecule has 0 aliphatic rings. The fourth-order valence-electron chi connectivity index (χ4n) is 1.69. The summed E-state index contributed by atoms with van der Waals surface area (Å²) in [5.74, 6) is 1.90. The second-order valence-electron chi connectivity index (χ2n) is 5.33. The van der Waals surface area contributed by atoms with Gasteiger partial charge in [-0.05, 0) is 39.8 Å². The summed E-state index contributed by atoms with van der Waals surface area (Å²) in [4.78, 5) is 6.85. The van der Waals surface area contributed by atoms with Crippen molar-refractivity contribution < 1.29 is 4.74 Å². The van der Waals surface area contributed by atoms with E-state index in [-0.39, 0.29) is 5.54 Å². The van der Waals surface area contributed by atoms with Gasteiger partial charge in [-0.1, -0.05) is 6.07 Å². The Hall–Kier alpha value is -1.29. The zero-order valence-corrected chi connectivity index (χ0v) is 12.2. The average Bonchev–Trinajstić information content (AvgIpc) is 2.28. The molecule has 0 bridgehead atoms. The van der Waals surface area contributed by atoms with Gasteiger partial charge in [-0.15, -0.1) is 0 Å². The lowest BCUT2D eigenvalue weighted by Crippen LogP contribution is -2.29. The fourth-order valence-corrected chi connectivity index (χ4v) is 1.69. The highest BCUT2D eigenvalue weighted by Crippen LogP contribution is 2.17. The van der Waals surface area contributed by atoms with Crippen molar-refractivity contribution in [3.63, 3.8) is 0 Å². The third kappa shape index (κ3) is 4.92. The molecule has 18 heavy (non-hydrogen) atoms. The minimum absolute atomic E-state index is 0.0230. The van der Waals surface area contributed by atoms with Gasteiger partial charge in [0.15, 0.2) is 0 Å². The second kappa shape index (κ2) is 6.59. The first-order valence-corrected chi connectivity index (χ1v) is 6.45. The first-order valence-electron chi connectivity index (χ1n) is 6.45. The van der Waals surface area contributed by atoms with E-state index in [1.54, 1.807) is 7.11 Å². The van der Waals surface area contributed by atoms with Crippen LogP contribution in [0.2, 0.25) is 0 Å². The van der Waals surface area contributed by atoms with Gasteiger partial charge in [-0.25, -0.2) is 4.98 Å². The second-order valence-corrected chi connectivity index (χ2v) is 5.33. The Kier molecular flexibility index (Phi) is 5.41. The molecular formula is C14H25N3O. The lowest BCUT2D eigenvalue weighted by Gasteiger charge is -2.25. The Bertz CT molecular complexity index is 360. The maximum Gasteiger partial charge on any atom is 0.131 e. The number of aromatic nitrogens is 1. The van der Waals surface area contributed by atoms with Gasteiger partial charge >= 0.3 is 0 Å². The summed E-state index contributed by atoms with van der Waals surface area (Å²) in [5.41, 5.74) is 0.0230. The molecule has 0 aliphatic heterocycles. The molecule has 1 heterocycles. The van der Waals surface area contributed by atoms with Crippen molar-refractivity contribution in [2.45, 2.75) is 33.2 Å². The third-order valence-corrected chi connectivity index (χ3v) is 2.51. The van der Waals surface area contributed by atoms with Gasteiger partial charge in [-0.2, -0.15) is 0 Å². The average molecular weight is 251 g/mol. The van der Waals surface area contributed by atoms with Crippen molar-refractivity contribution in [1.82, 2.24) is 4.98 Å². The van der Waals surface area contributed by atoms with Crippen LogP contribution in [0.15, 0.2) is 18.2 Å². The zero-order chi connectivity index (χ0) is 13.6. The molecule has 0 aromatic carbocycles. The number of rotatable bonds is 6. The number of methoxy groups -OCH3 is 1. The number of pyridine rings is 1. The molecular weight excluding hydrogens is 226 g/mol. The van der Waals surface area contributed by atoms with Crippen LogP contribution in [-0.2, 0) is 4.74 Å². The van der Waals surface area contributed by atoms with Crippen LogP contribution in [0.4, 0.5) is 11.6 Å². The van der Waals surface area contributed by atoms with E-state index in [9.17, 15) is 0 Å². The van der Waals surface area contributed by atoms with Crippen LogP contribution < -0.4 is 10.2 Å². The van der Waals surface area contributed by atoms with Crippen LogP contribution >= 0.6 is 0 Å². The molecule has 1 aromatic rings. The number of hydrogen-bond acceptors (Lipinski definition) is 4. The molecule has 0 amide bonds. The Balaban J connectivity index is 2.79. The normalized spacial score (nSPS) is 11.4. The monoisotopic (exact) mass is 251 g/mol. The van der Waals surface area contributed by atoms with Crippen LogP contribution in [0.3, 0.4) is 0 Å². The minimum atomic E-state index is 0.0230. The first-order chi connectivity index (χ1) is 8.46. The number of likely N-dealkylation sites (N-methyl/N-ethyl adjacent to an activating group) is 1. The lowest BCUT2D eigenvalue weighted by molar-refractivity contribution is 0.205. The van der Waals surface area contributed by atoms with E-state index in [4.69, 9.17) is 4.74 Å². The molecule has 0 atom stereocenters. The molecule has 4 heteroatoms. The van der Waals surface area contributed by atoms with Gasteiger partial charge in [-0.3, -0.25) is 0 Å². The van der Waals surface area contributed by atoms with Gasteiger partial charge in [0.05, 0.1) is 6.61 Å². The first kappa shape index (κ1) is 14.8. The quantitative estimate of drug-likeness (QED) is 0.843. The highest BCUT2D eigenvalue weighted by Gasteiger charge is 2.11. The highest BCUT2D eigenvalue weighted by molar-refractivity contribution is 5.47. The molecule has 102 valence electrons. The van der Waals surface area contributed by atoms with Crippen molar-refractivity contribution in [3.8, 4) is 0 Å². The summed E-state index contributed by atoms with van der Waals surface area (Å²) in [6, 6.07) is 6.07. The van der Waals surface area contributed by atoms with Gasteiger partial charge in [0.1, 0.15) is 11.6 Å². The summed E-state index contributed by atoms with van der Waals surface area (Å²) in [5, 5.41) is 3.39. The highest BCUT2D eigenvalue weighted by atomic mass is 16.5. The summed E-state index contributed by atoms with van der Waals surface area (Å²) >= 11 is 0. The third-order valence-electron chi connectivity index (χ3n) is 2.51. The smallest absolute Gasteiger partial charge is 0.131 e. The van der Waals surface area contributed by atoms with Crippen molar-refractivity contribution in [2.24, 2.45) is 0 Å². The zero-order valence-electron chi connectivity index (χ0n) is 12.2. The number of nitrogens with one attached hydrogen (secondary N) is 1. The maximum atomic E-state index is 5.12. The summed E-state index contributed by atoms with van der Waals surface area (Å²) < 4.78 is 5.12. The molecule has 0 spiro atoms. The van der Waals surface area contributed by atoms with E-state index in [0.717, 1.165) is 24.7 Å². The van der Waals surface area contributed by atoms with E-state index in [1.165, 1.54) is 0 Å². The lowest BCUT2D eigenvalue weighted by atomic mass is 10.1. The Morgan fingerprint density at radius 3 is 2.61 bits per heavy atom. The SMILES string of the molecule is CCN(CCOC)c1cccc(NC(C)(C)C)n1. The summed E-state index contributed by atoms with van der Waals surface area (Å²) in [6.45, 7) is 11.0. The maximum absolute atomic E-state index is 5.12. The Labute approximate surface area is 110 Å². The van der Waals surface area contributed by atoms with Crippen LogP contribution in [0.5, 0.6) is 0 Å². The van der Waals surface area contributed by atoms with Crippen LogP contribution in [0, 0.1) is 0 Å². The van der Waals surface area contributed by atoms with Crippen LogP contribution in [-0.4, -0.2) is 37.3 Å². The van der Waals surface area contributed by atoms with Gasteiger partial charge in [0.25, 0.3) is 0 Å². The molecule has 4 nitrogen and oxygen atoms in total. The van der Waals surface area contributed by atoms with E-state index in [2.05, 4.69) is 42.9 Å². The molecule has 1 aromatic heterocycles. The summed E-state index contributed by atoms with van der Waals surface area (Å²) in [6.07, 6.45) is 0. The molecule has 0 saturated heterocycles. The van der Waals surface area contributed by atoms with Crippen molar-refractivity contribution in [3.05, 3.63) is 18.2 Å². The van der Waals surface area contributed by atoms with Crippen molar-refractivity contribution >= 4 is 11.6 Å². The van der Waals surface area contributed by atoms with E-state index < -0.39 is 0 Å². The number of anilines is 2. The van der Waals surface area contributed by atoms with E-state index in [1.807, 2.05) is 18.2 Å². The molecule has 1 N–H and O–H groups in total. The topological polar surface area (TPSA) is 37.4 Å². The van der Waals surface area contributed by atoms with Gasteiger partial charge in [0.2, 0.25) is 0 Å². The molecule has 0 unspecified atom stereocenters. The molecule has 0 aliphatic carbocycles. The van der Waals surface area contributed by atoms with E-state index in [0.29, 0.717) is 6.61 Å². The van der Waals surface area contributed by atoms with Gasteiger partial charge in [0, 0.05) is 25.7 Å². The standard InChI is InChI=1S/C14H25N3O/c1-6-17(10-11-18-5)13-9-7-8-12(15-13)16-14(2,3)4/h7-9H,6,10-11H2,1-5H3,(H,15,16). The van der Waals surface area contributed by atoms with Crippen molar-refractivity contribution in [1.29, 1.82) is 0 Å². The number of ether oxygens (including phenoxy) is 1. The fraction of sp³-hybridized carbons (Fsp3) is 0.643. The number of hydrogen-bond donors (Lipinski definition) is 1. The predicted octanol–water partition coefficient (Wildman–Crippen LogP) is 2.76. The van der Waals surface area contributed by atoms with Crippen LogP contribution in [0.25, 0.3) is 0 Å². The molecule has 0 saturated carbocycles. The Morgan fingerprint density at radius 1 is 1.33 bits per heavy atom. The number of nitrogens with zero attached hydrogens (tertiary/aromatic N) is 2. The predicted molar refractivity (Wildman–Crippen MR) is 77.4 cm³/mol. The summed E-state index contributed by atoms with van der Waals surface area (Å²) in [7, 11) is 1.72. The van der Waals surface area contributed by atoms with Gasteiger partial charge < -0.3 is 15.0 Å². The minimum Gasteiger partial charge on any atom is -0.383 e. The van der Waals surface area contributed by atoms with E-state index >= 15 is 0 Å². The molecule has 0 radical (unpaired) electrons.